The lowest BCUT2D eigenvalue weighted by molar-refractivity contribution is -0.0995. The van der Waals surface area contributed by atoms with Crippen molar-refractivity contribution in [3.63, 3.8) is 0 Å². The van der Waals surface area contributed by atoms with Gasteiger partial charge in [0.1, 0.15) is 18.3 Å². The first-order valence-electron chi connectivity index (χ1n) is 8.82. The first-order valence-corrected chi connectivity index (χ1v) is 18.2. The lowest BCUT2D eigenvalue weighted by Gasteiger charge is -2.38. The fraction of sp³-hybridized carbons (Fsp3) is 1.00. The smallest absolute Gasteiger partial charge is 0.314 e. The molecule has 0 rings (SSSR count). The average molecular weight is 415 g/mol. The van der Waals surface area contributed by atoms with Gasteiger partial charge in [0.05, 0.1) is 13.2 Å². The van der Waals surface area contributed by atoms with E-state index in [4.69, 9.17) is 18.1 Å². The molecule has 0 saturated heterocycles. The fourth-order valence-electron chi connectivity index (χ4n) is 2.58. The predicted molar refractivity (Wildman–Crippen MR) is 106 cm³/mol. The van der Waals surface area contributed by atoms with Crippen LogP contribution in [0.2, 0.25) is 51.9 Å². The number of aliphatic hydroxyl groups is 4. The molecular weight excluding hydrogens is 376 g/mol. The second-order valence-electron chi connectivity index (χ2n) is 8.55. The maximum absolute atomic E-state index is 9.71. The van der Waals surface area contributed by atoms with Gasteiger partial charge in [0.2, 0.25) is 0 Å². The summed E-state index contributed by atoms with van der Waals surface area (Å²) in [4.78, 5) is 0. The van der Waals surface area contributed by atoms with E-state index in [9.17, 15) is 15.3 Å². The van der Waals surface area contributed by atoms with Crippen molar-refractivity contribution in [1.82, 2.24) is 0 Å². The van der Waals surface area contributed by atoms with Crippen molar-refractivity contribution >= 4 is 25.2 Å². The molecular formula is C15H38O7Si3. The molecule has 0 radical (unpaired) electrons. The zero-order chi connectivity index (χ0) is 19.9. The standard InChI is InChI=1S/C15H38O7Si3/c1-23(2,3)21-25(7,22-24(4,5)6)10-8-9-20-12-14(18)15(19)13(17)11-16/h13-19H,8-12H2,1-7H3. The van der Waals surface area contributed by atoms with Gasteiger partial charge in [-0.15, -0.1) is 0 Å². The highest BCUT2D eigenvalue weighted by atomic mass is 28.5. The number of ether oxygens (including phenoxy) is 1. The molecule has 0 aliphatic heterocycles. The van der Waals surface area contributed by atoms with Crippen LogP contribution < -0.4 is 0 Å². The SMILES string of the molecule is C[Si](C)(C)O[Si](C)(CCCOCC(O)C(O)C(O)CO)O[Si](C)(C)C. The first-order chi connectivity index (χ1) is 11.2. The van der Waals surface area contributed by atoms with Gasteiger partial charge in [-0.2, -0.15) is 0 Å². The topological polar surface area (TPSA) is 109 Å². The van der Waals surface area contributed by atoms with Gasteiger partial charge in [0, 0.05) is 6.61 Å². The minimum absolute atomic E-state index is 0.0970. The van der Waals surface area contributed by atoms with Gasteiger partial charge in [0.15, 0.2) is 16.6 Å². The van der Waals surface area contributed by atoms with Gasteiger partial charge < -0.3 is 33.4 Å². The van der Waals surface area contributed by atoms with Crippen molar-refractivity contribution < 1.29 is 33.4 Å². The van der Waals surface area contributed by atoms with Gasteiger partial charge in [-0.1, -0.05) is 0 Å². The summed E-state index contributed by atoms with van der Waals surface area (Å²) >= 11 is 0. The van der Waals surface area contributed by atoms with Crippen molar-refractivity contribution in [1.29, 1.82) is 0 Å². The molecule has 0 bridgehead atoms. The molecule has 25 heavy (non-hydrogen) atoms. The van der Waals surface area contributed by atoms with Crippen LogP contribution in [0.25, 0.3) is 0 Å². The molecule has 0 saturated carbocycles. The van der Waals surface area contributed by atoms with E-state index in [1.165, 1.54) is 0 Å². The number of rotatable bonds is 13. The average Bonchev–Trinajstić information content (AvgIpc) is 2.40. The van der Waals surface area contributed by atoms with Crippen LogP contribution in [-0.2, 0) is 13.0 Å². The quantitative estimate of drug-likeness (QED) is 0.265. The van der Waals surface area contributed by atoms with E-state index < -0.39 is 50.1 Å². The third-order valence-electron chi connectivity index (χ3n) is 3.23. The lowest BCUT2D eigenvalue weighted by atomic mass is 10.1. The lowest BCUT2D eigenvalue weighted by Crippen LogP contribution is -2.52. The summed E-state index contributed by atoms with van der Waals surface area (Å²) in [6, 6.07) is 0.805. The van der Waals surface area contributed by atoms with Crippen LogP contribution in [0.5, 0.6) is 0 Å². The molecule has 0 amide bonds. The van der Waals surface area contributed by atoms with E-state index in [-0.39, 0.29) is 6.61 Å². The maximum atomic E-state index is 9.71. The third kappa shape index (κ3) is 12.4. The summed E-state index contributed by atoms with van der Waals surface area (Å²) in [6.45, 7) is 14.8. The second kappa shape index (κ2) is 10.6. The van der Waals surface area contributed by atoms with Crippen LogP contribution in [0.4, 0.5) is 0 Å². The zero-order valence-electron chi connectivity index (χ0n) is 16.8. The third-order valence-corrected chi connectivity index (χ3v) is 12.8. The Labute approximate surface area is 155 Å². The molecule has 3 atom stereocenters. The highest BCUT2D eigenvalue weighted by molar-refractivity contribution is 6.87. The fourth-order valence-corrected chi connectivity index (χ4v) is 15.1. The van der Waals surface area contributed by atoms with E-state index in [0.717, 1.165) is 12.5 Å². The molecule has 10 heteroatoms. The van der Waals surface area contributed by atoms with Crippen LogP contribution in [0.3, 0.4) is 0 Å². The Morgan fingerprint density at radius 3 is 1.68 bits per heavy atom. The normalized spacial score (nSPS) is 17.4. The molecule has 0 heterocycles. The van der Waals surface area contributed by atoms with Crippen molar-refractivity contribution in [2.24, 2.45) is 0 Å². The van der Waals surface area contributed by atoms with Crippen molar-refractivity contribution in [3.8, 4) is 0 Å². The summed E-state index contributed by atoms with van der Waals surface area (Å²) in [5, 5.41) is 37.3. The van der Waals surface area contributed by atoms with E-state index in [1.54, 1.807) is 0 Å². The molecule has 0 aliphatic rings. The minimum Gasteiger partial charge on any atom is -0.437 e. The molecule has 152 valence electrons. The Bertz CT molecular complexity index is 355. The summed E-state index contributed by atoms with van der Waals surface area (Å²) in [7, 11) is -5.72. The van der Waals surface area contributed by atoms with Gasteiger partial charge >= 0.3 is 8.56 Å². The van der Waals surface area contributed by atoms with Gasteiger partial charge in [0.25, 0.3) is 0 Å². The van der Waals surface area contributed by atoms with Crippen LogP contribution in [0.1, 0.15) is 6.42 Å². The van der Waals surface area contributed by atoms with Gasteiger partial charge in [-0.3, -0.25) is 0 Å². The predicted octanol–water partition coefficient (Wildman–Crippen LogP) is 1.24. The largest absolute Gasteiger partial charge is 0.437 e. The Balaban J connectivity index is 4.39. The highest BCUT2D eigenvalue weighted by Crippen LogP contribution is 2.25. The number of hydrogen-bond donors (Lipinski definition) is 4. The van der Waals surface area contributed by atoms with Crippen molar-refractivity contribution in [2.75, 3.05) is 19.8 Å². The Morgan fingerprint density at radius 2 is 1.28 bits per heavy atom. The number of aliphatic hydroxyl groups excluding tert-OH is 4. The number of hydrogen-bond acceptors (Lipinski definition) is 7. The Kier molecular flexibility index (Phi) is 10.8. The summed E-state index contributed by atoms with van der Waals surface area (Å²) in [5.74, 6) is 0. The van der Waals surface area contributed by atoms with Crippen LogP contribution in [-0.4, -0.2) is 83.8 Å². The van der Waals surface area contributed by atoms with Crippen LogP contribution in [0.15, 0.2) is 0 Å². The van der Waals surface area contributed by atoms with E-state index in [1.807, 2.05) is 0 Å². The first kappa shape index (κ1) is 25.4. The molecule has 3 unspecified atom stereocenters. The Hall–Kier alpha value is 0.371. The van der Waals surface area contributed by atoms with Crippen molar-refractivity contribution in [3.05, 3.63) is 0 Å². The van der Waals surface area contributed by atoms with E-state index >= 15 is 0 Å². The highest BCUT2D eigenvalue weighted by Gasteiger charge is 2.39. The summed E-state index contributed by atoms with van der Waals surface area (Å²) in [5.41, 5.74) is 0. The monoisotopic (exact) mass is 414 g/mol. The molecule has 0 spiro atoms. The van der Waals surface area contributed by atoms with Crippen LogP contribution >= 0.6 is 0 Å². The molecule has 7 nitrogen and oxygen atoms in total. The minimum atomic E-state index is -2.28. The summed E-state index contributed by atoms with van der Waals surface area (Å²) < 4.78 is 18.2. The maximum Gasteiger partial charge on any atom is 0.314 e. The van der Waals surface area contributed by atoms with Gasteiger partial charge in [-0.25, -0.2) is 0 Å². The van der Waals surface area contributed by atoms with Gasteiger partial charge in [-0.05, 0) is 58.3 Å². The Morgan fingerprint density at radius 1 is 0.800 bits per heavy atom. The van der Waals surface area contributed by atoms with E-state index in [0.29, 0.717) is 6.61 Å². The van der Waals surface area contributed by atoms with Crippen molar-refractivity contribution in [2.45, 2.75) is 76.6 Å². The molecule has 0 aromatic carbocycles. The summed E-state index contributed by atoms with van der Waals surface area (Å²) in [6.07, 6.45) is -3.29. The molecule has 0 aromatic heterocycles. The molecule has 0 fully saturated rings. The molecule has 4 N–H and O–H groups in total. The van der Waals surface area contributed by atoms with Crippen LogP contribution in [0, 0.1) is 0 Å². The molecule has 0 aromatic rings. The van der Waals surface area contributed by atoms with E-state index in [2.05, 4.69) is 45.8 Å². The molecule has 0 aliphatic carbocycles. The zero-order valence-corrected chi connectivity index (χ0v) is 19.8. The second-order valence-corrected chi connectivity index (χ2v) is 21.4.